The van der Waals surface area contributed by atoms with Gasteiger partial charge in [-0.15, -0.1) is 0 Å². The number of hydrogen-bond donors (Lipinski definition) is 1. The Kier molecular flexibility index (Phi) is 5.01. The van der Waals surface area contributed by atoms with Crippen molar-refractivity contribution in [2.75, 3.05) is 11.6 Å². The lowest BCUT2D eigenvalue weighted by Gasteiger charge is -2.11. The smallest absolute Gasteiger partial charge is 0.274 e. The normalized spacial score (nSPS) is 11.4. The van der Waals surface area contributed by atoms with Crippen molar-refractivity contribution in [3.8, 4) is 17.1 Å². The highest BCUT2D eigenvalue weighted by molar-refractivity contribution is 7.90. The average molecular weight is 421 g/mol. The standard InChI is InChI=1S/C22H19N3O4S/c1-15-10-11-17(30(2,27)28)13-18(15)23-22(26)20-14-19(21-9-6-12-29-21)24-25(20)16-7-4-3-5-8-16/h3-14H,1-2H3,(H,23,26). The maximum Gasteiger partial charge on any atom is 0.274 e. The predicted octanol–water partition coefficient (Wildman–Crippen LogP) is 4.10. The van der Waals surface area contributed by atoms with Crippen LogP contribution in [0.3, 0.4) is 0 Å². The molecule has 0 aliphatic rings. The van der Waals surface area contributed by atoms with Crippen molar-refractivity contribution in [2.45, 2.75) is 11.8 Å². The van der Waals surface area contributed by atoms with Gasteiger partial charge in [-0.05, 0) is 48.9 Å². The first-order valence-electron chi connectivity index (χ1n) is 9.14. The van der Waals surface area contributed by atoms with E-state index < -0.39 is 15.7 Å². The van der Waals surface area contributed by atoms with Crippen LogP contribution < -0.4 is 5.32 Å². The number of carbonyl (C=O) groups is 1. The van der Waals surface area contributed by atoms with Gasteiger partial charge in [-0.2, -0.15) is 5.10 Å². The lowest BCUT2D eigenvalue weighted by Crippen LogP contribution is -2.17. The molecule has 0 saturated carbocycles. The number of benzene rings is 2. The van der Waals surface area contributed by atoms with Crippen LogP contribution in [0.15, 0.2) is 82.3 Å². The number of para-hydroxylation sites is 1. The summed E-state index contributed by atoms with van der Waals surface area (Å²) >= 11 is 0. The summed E-state index contributed by atoms with van der Waals surface area (Å²) in [6, 6.07) is 19.0. The van der Waals surface area contributed by atoms with Crippen LogP contribution in [0.5, 0.6) is 0 Å². The molecule has 0 saturated heterocycles. The van der Waals surface area contributed by atoms with Gasteiger partial charge in [0.25, 0.3) is 5.91 Å². The molecule has 0 atom stereocenters. The number of amides is 1. The molecule has 0 unspecified atom stereocenters. The van der Waals surface area contributed by atoms with Crippen LogP contribution in [0.2, 0.25) is 0 Å². The van der Waals surface area contributed by atoms with Crippen LogP contribution in [0.1, 0.15) is 16.1 Å². The molecule has 0 spiro atoms. The van der Waals surface area contributed by atoms with Gasteiger partial charge in [-0.25, -0.2) is 13.1 Å². The second-order valence-corrected chi connectivity index (χ2v) is 8.86. The Hall–Kier alpha value is -3.65. The molecule has 0 aliphatic heterocycles. The molecule has 4 rings (SSSR count). The number of nitrogens with zero attached hydrogens (tertiary/aromatic N) is 2. The fourth-order valence-corrected chi connectivity index (χ4v) is 3.65. The monoisotopic (exact) mass is 421 g/mol. The van der Waals surface area contributed by atoms with E-state index in [4.69, 9.17) is 4.42 Å². The molecule has 152 valence electrons. The SMILES string of the molecule is Cc1ccc(S(C)(=O)=O)cc1NC(=O)c1cc(-c2ccco2)nn1-c1ccccc1. The fraction of sp³-hybridized carbons (Fsp3) is 0.0909. The Morgan fingerprint density at radius 1 is 1.03 bits per heavy atom. The summed E-state index contributed by atoms with van der Waals surface area (Å²) in [4.78, 5) is 13.3. The van der Waals surface area contributed by atoms with Gasteiger partial charge in [0.2, 0.25) is 0 Å². The molecule has 30 heavy (non-hydrogen) atoms. The third-order valence-corrected chi connectivity index (χ3v) is 5.71. The minimum atomic E-state index is -3.40. The Morgan fingerprint density at radius 3 is 2.47 bits per heavy atom. The zero-order valence-corrected chi connectivity index (χ0v) is 17.2. The number of carbonyl (C=O) groups excluding carboxylic acids is 1. The van der Waals surface area contributed by atoms with Crippen molar-refractivity contribution in [3.05, 3.63) is 84.3 Å². The Morgan fingerprint density at radius 2 is 1.80 bits per heavy atom. The van der Waals surface area contributed by atoms with E-state index in [1.807, 2.05) is 30.3 Å². The Bertz CT molecular complexity index is 1310. The number of sulfone groups is 1. The summed E-state index contributed by atoms with van der Waals surface area (Å²) in [7, 11) is -3.40. The van der Waals surface area contributed by atoms with Crippen molar-refractivity contribution in [1.82, 2.24) is 9.78 Å². The number of hydrogen-bond acceptors (Lipinski definition) is 5. The van der Waals surface area contributed by atoms with Crippen LogP contribution in [-0.4, -0.2) is 30.4 Å². The third kappa shape index (κ3) is 3.90. The van der Waals surface area contributed by atoms with Gasteiger partial charge in [0.05, 0.1) is 16.8 Å². The van der Waals surface area contributed by atoms with Crippen LogP contribution >= 0.6 is 0 Å². The van der Waals surface area contributed by atoms with Crippen LogP contribution in [-0.2, 0) is 9.84 Å². The Labute approximate surface area is 173 Å². The molecule has 4 aromatic rings. The molecule has 1 N–H and O–H groups in total. The van der Waals surface area contributed by atoms with Crippen LogP contribution in [0.25, 0.3) is 17.1 Å². The third-order valence-electron chi connectivity index (χ3n) is 4.60. The Balaban J connectivity index is 1.76. The van der Waals surface area contributed by atoms with E-state index in [0.29, 0.717) is 22.8 Å². The number of aryl methyl sites for hydroxylation is 1. The highest BCUT2D eigenvalue weighted by Crippen LogP contribution is 2.25. The van der Waals surface area contributed by atoms with E-state index >= 15 is 0 Å². The zero-order chi connectivity index (χ0) is 21.3. The number of anilines is 1. The van der Waals surface area contributed by atoms with Crippen molar-refractivity contribution >= 4 is 21.4 Å². The summed E-state index contributed by atoms with van der Waals surface area (Å²) < 4.78 is 30.7. The zero-order valence-electron chi connectivity index (χ0n) is 16.4. The van der Waals surface area contributed by atoms with Gasteiger partial charge in [0, 0.05) is 18.0 Å². The molecule has 1 amide bonds. The number of aromatic nitrogens is 2. The predicted molar refractivity (Wildman–Crippen MR) is 114 cm³/mol. The quantitative estimate of drug-likeness (QED) is 0.524. The second-order valence-electron chi connectivity index (χ2n) is 6.84. The van der Waals surface area contributed by atoms with Gasteiger partial charge in [-0.1, -0.05) is 24.3 Å². The minimum Gasteiger partial charge on any atom is -0.463 e. The molecule has 2 heterocycles. The largest absolute Gasteiger partial charge is 0.463 e. The van der Waals surface area contributed by atoms with Crippen molar-refractivity contribution in [2.24, 2.45) is 0 Å². The van der Waals surface area contributed by atoms with E-state index in [1.165, 1.54) is 23.1 Å². The van der Waals surface area contributed by atoms with Gasteiger partial charge in [0.1, 0.15) is 11.4 Å². The molecular formula is C22H19N3O4S. The van der Waals surface area contributed by atoms with Crippen molar-refractivity contribution in [1.29, 1.82) is 0 Å². The minimum absolute atomic E-state index is 0.135. The number of nitrogens with one attached hydrogen (secondary N) is 1. The van der Waals surface area contributed by atoms with Crippen LogP contribution in [0, 0.1) is 6.92 Å². The molecule has 2 aromatic heterocycles. The van der Waals surface area contributed by atoms with Gasteiger partial charge in [-0.3, -0.25) is 4.79 Å². The first-order chi connectivity index (χ1) is 14.3. The molecule has 2 aromatic carbocycles. The summed E-state index contributed by atoms with van der Waals surface area (Å²) in [6.45, 7) is 1.80. The lowest BCUT2D eigenvalue weighted by molar-refractivity contribution is 0.101. The average Bonchev–Trinajstić information content (AvgIpc) is 3.39. The molecule has 7 nitrogen and oxygen atoms in total. The highest BCUT2D eigenvalue weighted by atomic mass is 32.2. The van der Waals surface area contributed by atoms with Crippen molar-refractivity contribution < 1.29 is 17.6 Å². The molecule has 8 heteroatoms. The van der Waals surface area contributed by atoms with E-state index in [0.717, 1.165) is 11.8 Å². The summed E-state index contributed by atoms with van der Waals surface area (Å²) in [5, 5.41) is 7.34. The number of furan rings is 1. The summed E-state index contributed by atoms with van der Waals surface area (Å²) in [5.41, 5.74) is 2.67. The second kappa shape index (κ2) is 7.64. The molecule has 0 bridgehead atoms. The van der Waals surface area contributed by atoms with Gasteiger partial charge in [0.15, 0.2) is 15.6 Å². The van der Waals surface area contributed by atoms with Crippen molar-refractivity contribution in [3.63, 3.8) is 0 Å². The highest BCUT2D eigenvalue weighted by Gasteiger charge is 2.20. The first-order valence-corrected chi connectivity index (χ1v) is 11.0. The number of rotatable bonds is 5. The van der Waals surface area contributed by atoms with E-state index in [1.54, 1.807) is 31.2 Å². The fourth-order valence-electron chi connectivity index (χ4n) is 3.01. The maximum atomic E-state index is 13.2. The molecule has 0 radical (unpaired) electrons. The lowest BCUT2D eigenvalue weighted by atomic mass is 10.2. The van der Waals surface area contributed by atoms with E-state index in [-0.39, 0.29) is 10.6 Å². The molecule has 0 fully saturated rings. The molecule has 0 aliphatic carbocycles. The maximum absolute atomic E-state index is 13.2. The van der Waals surface area contributed by atoms with Gasteiger partial charge < -0.3 is 9.73 Å². The van der Waals surface area contributed by atoms with Gasteiger partial charge >= 0.3 is 0 Å². The van der Waals surface area contributed by atoms with E-state index in [2.05, 4.69) is 10.4 Å². The van der Waals surface area contributed by atoms with E-state index in [9.17, 15) is 13.2 Å². The topological polar surface area (TPSA) is 94.2 Å². The van der Waals surface area contributed by atoms with Crippen LogP contribution in [0.4, 0.5) is 5.69 Å². The summed E-state index contributed by atoms with van der Waals surface area (Å²) in [6.07, 6.45) is 2.67. The summed E-state index contributed by atoms with van der Waals surface area (Å²) in [5.74, 6) is 0.117. The first kappa shape index (κ1) is 19.7. The molecular weight excluding hydrogens is 402 g/mol.